The lowest BCUT2D eigenvalue weighted by molar-refractivity contribution is -0.117. The molecule has 1 aliphatic rings. The lowest BCUT2D eigenvalue weighted by Gasteiger charge is -2.08. The maximum Gasteiger partial charge on any atom is 0.244 e. The van der Waals surface area contributed by atoms with Gasteiger partial charge in [0.05, 0.1) is 6.10 Å². The highest BCUT2D eigenvalue weighted by molar-refractivity contribution is 9.10. The number of allylic oxidation sites excluding steroid dienone is 1. The molecule has 2 rings (SSSR count). The molecular weight excluding hydrogens is 322 g/mol. The van der Waals surface area contributed by atoms with Crippen LogP contribution in [0.3, 0.4) is 0 Å². The second-order valence-corrected chi connectivity index (χ2v) is 5.50. The van der Waals surface area contributed by atoms with Crippen LogP contribution >= 0.6 is 15.9 Å². The number of halogens is 1. The van der Waals surface area contributed by atoms with Crippen molar-refractivity contribution in [3.05, 3.63) is 46.5 Å². The molecule has 0 bridgehead atoms. The highest BCUT2D eigenvalue weighted by Crippen LogP contribution is 2.11. The van der Waals surface area contributed by atoms with Gasteiger partial charge in [-0.05, 0) is 43.2 Å². The molecular formula is C15H16BrNO3. The van der Waals surface area contributed by atoms with Crippen LogP contribution in [0.2, 0.25) is 0 Å². The van der Waals surface area contributed by atoms with E-state index >= 15 is 0 Å². The second-order valence-electron chi connectivity index (χ2n) is 4.58. The molecule has 1 unspecified atom stereocenters. The fraction of sp³-hybridized carbons (Fsp3) is 0.333. The van der Waals surface area contributed by atoms with Crippen LogP contribution < -0.4 is 5.32 Å². The first-order valence-corrected chi connectivity index (χ1v) is 7.32. The third-order valence-corrected chi connectivity index (χ3v) is 3.57. The molecule has 1 aliphatic heterocycles. The first-order valence-electron chi connectivity index (χ1n) is 6.52. The zero-order valence-corrected chi connectivity index (χ0v) is 12.6. The van der Waals surface area contributed by atoms with Crippen LogP contribution in [0, 0.1) is 0 Å². The van der Waals surface area contributed by atoms with Gasteiger partial charge in [0.15, 0.2) is 5.78 Å². The zero-order valence-electron chi connectivity index (χ0n) is 11.0. The SMILES string of the molecule is O=C(/C=C/C(=O)c1ccc(Br)cc1)NCC1CCCO1. The van der Waals surface area contributed by atoms with E-state index < -0.39 is 0 Å². The quantitative estimate of drug-likeness (QED) is 0.663. The molecule has 1 fully saturated rings. The minimum Gasteiger partial charge on any atom is -0.376 e. The molecule has 0 aromatic heterocycles. The summed E-state index contributed by atoms with van der Waals surface area (Å²) in [4.78, 5) is 23.4. The van der Waals surface area contributed by atoms with Crippen LogP contribution in [-0.4, -0.2) is 30.9 Å². The molecule has 1 N–H and O–H groups in total. The number of amides is 1. The summed E-state index contributed by atoms with van der Waals surface area (Å²) >= 11 is 3.30. The van der Waals surface area contributed by atoms with Gasteiger partial charge < -0.3 is 10.1 Å². The third kappa shape index (κ3) is 4.58. The number of carbonyl (C=O) groups is 2. The first-order chi connectivity index (χ1) is 9.65. The number of rotatable bonds is 5. The number of benzene rings is 1. The van der Waals surface area contributed by atoms with E-state index in [-0.39, 0.29) is 17.8 Å². The molecule has 1 aromatic rings. The second kappa shape index (κ2) is 7.36. The molecule has 0 spiro atoms. The van der Waals surface area contributed by atoms with E-state index in [0.29, 0.717) is 12.1 Å². The van der Waals surface area contributed by atoms with Gasteiger partial charge in [0, 0.05) is 29.3 Å². The number of hydrogen-bond acceptors (Lipinski definition) is 3. The molecule has 0 aliphatic carbocycles. The first kappa shape index (κ1) is 14.9. The van der Waals surface area contributed by atoms with Crippen molar-refractivity contribution in [3.63, 3.8) is 0 Å². The molecule has 0 saturated carbocycles. The van der Waals surface area contributed by atoms with E-state index in [1.54, 1.807) is 24.3 Å². The Kier molecular flexibility index (Phi) is 5.49. The van der Waals surface area contributed by atoms with Crippen LogP contribution in [0.25, 0.3) is 0 Å². The van der Waals surface area contributed by atoms with Gasteiger partial charge in [-0.15, -0.1) is 0 Å². The van der Waals surface area contributed by atoms with Crippen LogP contribution in [0.5, 0.6) is 0 Å². The van der Waals surface area contributed by atoms with Crippen molar-refractivity contribution in [2.45, 2.75) is 18.9 Å². The minimum absolute atomic E-state index is 0.106. The smallest absolute Gasteiger partial charge is 0.244 e. The van der Waals surface area contributed by atoms with Crippen molar-refractivity contribution in [2.24, 2.45) is 0 Å². The zero-order chi connectivity index (χ0) is 14.4. The monoisotopic (exact) mass is 337 g/mol. The molecule has 0 radical (unpaired) electrons. The van der Waals surface area contributed by atoms with Gasteiger partial charge in [0.25, 0.3) is 0 Å². The van der Waals surface area contributed by atoms with E-state index in [4.69, 9.17) is 4.74 Å². The highest BCUT2D eigenvalue weighted by atomic mass is 79.9. The fourth-order valence-electron chi connectivity index (χ4n) is 1.94. The average Bonchev–Trinajstić information content (AvgIpc) is 2.96. The van der Waals surface area contributed by atoms with Gasteiger partial charge in [0.1, 0.15) is 0 Å². The summed E-state index contributed by atoms with van der Waals surface area (Å²) in [6.45, 7) is 1.26. The van der Waals surface area contributed by atoms with Crippen molar-refractivity contribution in [1.82, 2.24) is 5.32 Å². The lowest BCUT2D eigenvalue weighted by atomic mass is 10.1. The van der Waals surface area contributed by atoms with Gasteiger partial charge in [0.2, 0.25) is 5.91 Å². The summed E-state index contributed by atoms with van der Waals surface area (Å²) in [7, 11) is 0. The Morgan fingerprint density at radius 2 is 2.05 bits per heavy atom. The Morgan fingerprint density at radius 1 is 1.30 bits per heavy atom. The Balaban J connectivity index is 1.80. The van der Waals surface area contributed by atoms with Gasteiger partial charge in [-0.2, -0.15) is 0 Å². The van der Waals surface area contributed by atoms with E-state index in [2.05, 4.69) is 21.2 Å². The molecule has 1 atom stereocenters. The predicted octanol–water partition coefficient (Wildman–Crippen LogP) is 2.48. The van der Waals surface area contributed by atoms with Gasteiger partial charge >= 0.3 is 0 Å². The molecule has 4 nitrogen and oxygen atoms in total. The van der Waals surface area contributed by atoms with Crippen LogP contribution in [-0.2, 0) is 9.53 Å². The number of nitrogens with one attached hydrogen (secondary N) is 1. The van der Waals surface area contributed by atoms with Crippen LogP contribution in [0.1, 0.15) is 23.2 Å². The molecule has 1 saturated heterocycles. The molecule has 106 valence electrons. The Bertz CT molecular complexity index is 504. The summed E-state index contributed by atoms with van der Waals surface area (Å²) in [6.07, 6.45) is 4.67. The van der Waals surface area contributed by atoms with Crippen LogP contribution in [0.15, 0.2) is 40.9 Å². The van der Waals surface area contributed by atoms with Crippen molar-refractivity contribution < 1.29 is 14.3 Å². The molecule has 1 amide bonds. The molecule has 20 heavy (non-hydrogen) atoms. The Hall–Kier alpha value is -1.46. The summed E-state index contributed by atoms with van der Waals surface area (Å²) in [5, 5.41) is 2.73. The van der Waals surface area contributed by atoms with E-state index in [1.165, 1.54) is 12.2 Å². The van der Waals surface area contributed by atoms with Gasteiger partial charge in [-0.1, -0.05) is 15.9 Å². The molecule has 1 aromatic carbocycles. The summed E-state index contributed by atoms with van der Waals surface area (Å²) < 4.78 is 6.31. The average molecular weight is 338 g/mol. The van der Waals surface area contributed by atoms with Crippen molar-refractivity contribution in [3.8, 4) is 0 Å². The third-order valence-electron chi connectivity index (χ3n) is 3.04. The fourth-order valence-corrected chi connectivity index (χ4v) is 2.20. The number of hydrogen-bond donors (Lipinski definition) is 1. The number of ketones is 1. The molecule has 5 heteroatoms. The maximum absolute atomic E-state index is 11.8. The highest BCUT2D eigenvalue weighted by Gasteiger charge is 2.15. The number of carbonyl (C=O) groups excluding carboxylic acids is 2. The topological polar surface area (TPSA) is 55.4 Å². The van der Waals surface area contributed by atoms with E-state index in [0.717, 1.165) is 23.9 Å². The summed E-state index contributed by atoms with van der Waals surface area (Å²) in [6, 6.07) is 7.00. The summed E-state index contributed by atoms with van der Waals surface area (Å²) in [5.41, 5.74) is 0.552. The maximum atomic E-state index is 11.8. The summed E-state index contributed by atoms with van der Waals surface area (Å²) in [5.74, 6) is -0.462. The largest absolute Gasteiger partial charge is 0.376 e. The van der Waals surface area contributed by atoms with E-state index in [1.807, 2.05) is 0 Å². The minimum atomic E-state index is -0.272. The van der Waals surface area contributed by atoms with Crippen molar-refractivity contribution in [2.75, 3.05) is 13.2 Å². The predicted molar refractivity (Wildman–Crippen MR) is 79.6 cm³/mol. The number of ether oxygens (including phenoxy) is 1. The van der Waals surface area contributed by atoms with Crippen molar-refractivity contribution >= 4 is 27.6 Å². The van der Waals surface area contributed by atoms with Gasteiger partial charge in [-0.3, -0.25) is 9.59 Å². The standard InChI is InChI=1S/C15H16BrNO3/c16-12-5-3-11(4-6-12)14(18)7-8-15(19)17-10-13-2-1-9-20-13/h3-8,13H,1-2,9-10H2,(H,17,19)/b8-7+. The van der Waals surface area contributed by atoms with Crippen LogP contribution in [0.4, 0.5) is 0 Å². The Morgan fingerprint density at radius 3 is 2.70 bits per heavy atom. The van der Waals surface area contributed by atoms with Crippen molar-refractivity contribution in [1.29, 1.82) is 0 Å². The normalized spacial score (nSPS) is 18.4. The van der Waals surface area contributed by atoms with Gasteiger partial charge in [-0.25, -0.2) is 0 Å². The van der Waals surface area contributed by atoms with E-state index in [9.17, 15) is 9.59 Å². The molecule has 1 heterocycles. The Labute approximate surface area is 126 Å². The lowest BCUT2D eigenvalue weighted by Crippen LogP contribution is -2.30.